The molecular weight excluding hydrogens is 256 g/mol. The van der Waals surface area contributed by atoms with Crippen LogP contribution in [0.25, 0.3) is 0 Å². The molecule has 3 rings (SSSR count). The number of hydrogen-bond donors (Lipinski definition) is 1. The van der Waals surface area contributed by atoms with Crippen molar-refractivity contribution in [1.82, 2.24) is 4.90 Å². The van der Waals surface area contributed by atoms with Crippen molar-refractivity contribution in [3.63, 3.8) is 0 Å². The van der Waals surface area contributed by atoms with Crippen LogP contribution in [0.3, 0.4) is 0 Å². The lowest BCUT2D eigenvalue weighted by Gasteiger charge is -2.29. The average Bonchev–Trinajstić information content (AvgIpc) is 2.53. The number of hydrogen-bond acceptors (Lipinski definition) is 2. The third-order valence-electron chi connectivity index (χ3n) is 4.55. The van der Waals surface area contributed by atoms with E-state index in [0.29, 0.717) is 0 Å². The molecule has 0 saturated heterocycles. The van der Waals surface area contributed by atoms with Gasteiger partial charge in [0.1, 0.15) is 0 Å². The van der Waals surface area contributed by atoms with Gasteiger partial charge in [-0.15, -0.1) is 0 Å². The number of fused-ring (bicyclic) bond motifs is 1. The van der Waals surface area contributed by atoms with Crippen molar-refractivity contribution in [1.29, 1.82) is 0 Å². The van der Waals surface area contributed by atoms with Crippen LogP contribution in [0.5, 0.6) is 0 Å². The topological polar surface area (TPSA) is 29.3 Å². The summed E-state index contributed by atoms with van der Waals surface area (Å²) in [4.78, 5) is 2.53. The Morgan fingerprint density at radius 2 is 1.76 bits per heavy atom. The summed E-state index contributed by atoms with van der Waals surface area (Å²) in [5.74, 6) is 0. The van der Waals surface area contributed by atoms with Gasteiger partial charge in [0, 0.05) is 25.7 Å². The molecule has 2 aromatic carbocycles. The molecule has 0 fully saturated rings. The monoisotopic (exact) mass is 280 g/mol. The van der Waals surface area contributed by atoms with E-state index in [0.717, 1.165) is 32.5 Å². The third kappa shape index (κ3) is 3.34. The summed E-state index contributed by atoms with van der Waals surface area (Å²) in [6.07, 6.45) is 2.18. The van der Waals surface area contributed by atoms with Crippen molar-refractivity contribution < 1.29 is 0 Å². The van der Waals surface area contributed by atoms with Gasteiger partial charge in [0.05, 0.1) is 0 Å². The van der Waals surface area contributed by atoms with Crippen molar-refractivity contribution in [2.75, 3.05) is 13.1 Å². The van der Waals surface area contributed by atoms with Crippen molar-refractivity contribution in [3.05, 3.63) is 70.8 Å². The molecule has 1 aliphatic rings. The summed E-state index contributed by atoms with van der Waals surface area (Å²) in [5, 5.41) is 0. The fourth-order valence-electron chi connectivity index (χ4n) is 3.23. The molecule has 1 heterocycles. The molecule has 2 heteroatoms. The summed E-state index contributed by atoms with van der Waals surface area (Å²) in [7, 11) is 0. The quantitative estimate of drug-likeness (QED) is 0.929. The van der Waals surface area contributed by atoms with Crippen molar-refractivity contribution in [3.8, 4) is 0 Å². The minimum atomic E-state index is 0.142. The molecular formula is C19H24N2. The van der Waals surface area contributed by atoms with Crippen LogP contribution in [-0.4, -0.2) is 18.0 Å². The Kier molecular flexibility index (Phi) is 4.37. The minimum absolute atomic E-state index is 0.142. The molecule has 0 spiro atoms. The fourth-order valence-corrected chi connectivity index (χ4v) is 3.23. The predicted octanol–water partition coefficient (Wildman–Crippen LogP) is 3.44. The van der Waals surface area contributed by atoms with Crippen molar-refractivity contribution >= 4 is 0 Å². The average molecular weight is 280 g/mol. The molecule has 0 amide bonds. The second kappa shape index (κ2) is 6.42. The van der Waals surface area contributed by atoms with Gasteiger partial charge in [-0.25, -0.2) is 0 Å². The van der Waals surface area contributed by atoms with Gasteiger partial charge < -0.3 is 5.73 Å². The van der Waals surface area contributed by atoms with Crippen LogP contribution in [0, 0.1) is 6.92 Å². The molecule has 0 bridgehead atoms. The molecule has 1 unspecified atom stereocenters. The van der Waals surface area contributed by atoms with Gasteiger partial charge in [-0.05, 0) is 42.0 Å². The maximum atomic E-state index is 6.38. The first-order chi connectivity index (χ1) is 10.2. The van der Waals surface area contributed by atoms with Crippen LogP contribution in [0.4, 0.5) is 0 Å². The Bertz CT molecular complexity index is 606. The van der Waals surface area contributed by atoms with E-state index < -0.39 is 0 Å². The summed E-state index contributed by atoms with van der Waals surface area (Å²) in [6, 6.07) is 17.4. The zero-order chi connectivity index (χ0) is 14.7. The normalized spacial score (nSPS) is 16.5. The van der Waals surface area contributed by atoms with Crippen LogP contribution >= 0.6 is 0 Å². The highest BCUT2D eigenvalue weighted by atomic mass is 15.1. The zero-order valence-corrected chi connectivity index (χ0v) is 12.8. The SMILES string of the molecule is Cc1ccccc1C(N)CCN1CCc2ccccc2C1. The summed E-state index contributed by atoms with van der Waals surface area (Å²) < 4.78 is 0. The lowest BCUT2D eigenvalue weighted by Crippen LogP contribution is -2.32. The Morgan fingerprint density at radius 3 is 2.57 bits per heavy atom. The van der Waals surface area contributed by atoms with Gasteiger partial charge in [0.25, 0.3) is 0 Å². The Hall–Kier alpha value is -1.64. The summed E-state index contributed by atoms with van der Waals surface area (Å²) >= 11 is 0. The second-order valence-corrected chi connectivity index (χ2v) is 6.05. The lowest BCUT2D eigenvalue weighted by molar-refractivity contribution is 0.244. The number of rotatable bonds is 4. The highest BCUT2D eigenvalue weighted by Gasteiger charge is 2.17. The first kappa shape index (κ1) is 14.3. The second-order valence-electron chi connectivity index (χ2n) is 6.05. The zero-order valence-electron chi connectivity index (χ0n) is 12.8. The first-order valence-electron chi connectivity index (χ1n) is 7.84. The van der Waals surface area contributed by atoms with E-state index in [4.69, 9.17) is 5.73 Å². The van der Waals surface area contributed by atoms with Crippen LogP contribution in [0.15, 0.2) is 48.5 Å². The molecule has 2 nitrogen and oxygen atoms in total. The number of nitrogens with zero attached hydrogens (tertiary/aromatic N) is 1. The van der Waals surface area contributed by atoms with E-state index in [1.807, 2.05) is 0 Å². The van der Waals surface area contributed by atoms with Crippen LogP contribution < -0.4 is 5.73 Å². The lowest BCUT2D eigenvalue weighted by atomic mass is 9.97. The Morgan fingerprint density at radius 1 is 1.05 bits per heavy atom. The molecule has 21 heavy (non-hydrogen) atoms. The summed E-state index contributed by atoms with van der Waals surface area (Å²) in [6.45, 7) is 5.43. The van der Waals surface area contributed by atoms with E-state index in [1.165, 1.54) is 22.3 Å². The molecule has 1 aliphatic heterocycles. The van der Waals surface area contributed by atoms with E-state index in [9.17, 15) is 0 Å². The van der Waals surface area contributed by atoms with Gasteiger partial charge in [0.15, 0.2) is 0 Å². The molecule has 0 aromatic heterocycles. The molecule has 2 aromatic rings. The fraction of sp³-hybridized carbons (Fsp3) is 0.368. The van der Waals surface area contributed by atoms with Gasteiger partial charge in [-0.3, -0.25) is 4.90 Å². The summed E-state index contributed by atoms with van der Waals surface area (Å²) in [5.41, 5.74) is 12.0. The third-order valence-corrected chi connectivity index (χ3v) is 4.55. The van der Waals surface area contributed by atoms with Crippen LogP contribution in [0.1, 0.15) is 34.7 Å². The van der Waals surface area contributed by atoms with E-state index >= 15 is 0 Å². The van der Waals surface area contributed by atoms with Gasteiger partial charge >= 0.3 is 0 Å². The van der Waals surface area contributed by atoms with Crippen LogP contribution in [0.2, 0.25) is 0 Å². The Labute approximate surface area is 127 Å². The standard InChI is InChI=1S/C19H24N2/c1-15-6-2-5-9-18(15)19(20)11-13-21-12-10-16-7-3-4-8-17(16)14-21/h2-9,19H,10-14,20H2,1H3. The maximum Gasteiger partial charge on any atom is 0.0309 e. The van der Waals surface area contributed by atoms with Crippen molar-refractivity contribution in [2.45, 2.75) is 32.4 Å². The predicted molar refractivity (Wildman–Crippen MR) is 88.1 cm³/mol. The minimum Gasteiger partial charge on any atom is -0.324 e. The molecule has 0 saturated carbocycles. The highest BCUT2D eigenvalue weighted by Crippen LogP contribution is 2.22. The molecule has 0 aliphatic carbocycles. The number of benzene rings is 2. The van der Waals surface area contributed by atoms with Crippen molar-refractivity contribution in [2.24, 2.45) is 5.73 Å². The van der Waals surface area contributed by atoms with E-state index in [1.54, 1.807) is 0 Å². The number of aryl methyl sites for hydroxylation is 1. The first-order valence-corrected chi connectivity index (χ1v) is 7.84. The van der Waals surface area contributed by atoms with Crippen LogP contribution in [-0.2, 0) is 13.0 Å². The molecule has 1 atom stereocenters. The van der Waals surface area contributed by atoms with E-state index in [2.05, 4.69) is 60.4 Å². The van der Waals surface area contributed by atoms with E-state index in [-0.39, 0.29) is 6.04 Å². The Balaban J connectivity index is 1.58. The van der Waals surface area contributed by atoms with Gasteiger partial charge in [0.2, 0.25) is 0 Å². The van der Waals surface area contributed by atoms with Gasteiger partial charge in [-0.1, -0.05) is 48.5 Å². The smallest absolute Gasteiger partial charge is 0.0309 e. The largest absolute Gasteiger partial charge is 0.324 e. The number of nitrogens with two attached hydrogens (primary N) is 1. The van der Waals surface area contributed by atoms with Gasteiger partial charge in [-0.2, -0.15) is 0 Å². The molecule has 110 valence electrons. The maximum absolute atomic E-state index is 6.38. The molecule has 0 radical (unpaired) electrons. The molecule has 2 N–H and O–H groups in total. The highest BCUT2D eigenvalue weighted by molar-refractivity contribution is 5.30.